The molecule has 0 spiro atoms. The minimum absolute atomic E-state index is 0.0297. The van der Waals surface area contributed by atoms with Crippen molar-refractivity contribution in [1.29, 1.82) is 5.26 Å². The fourth-order valence-corrected chi connectivity index (χ4v) is 2.96. The van der Waals surface area contributed by atoms with E-state index in [4.69, 9.17) is 68.0 Å². The average molecular weight is 409 g/mol. The zero-order valence-corrected chi connectivity index (χ0v) is 14.9. The third kappa shape index (κ3) is 3.85. The molecule has 0 saturated carbocycles. The zero-order chi connectivity index (χ0) is 17.1. The zero-order valence-electron chi connectivity index (χ0n) is 11.2. The minimum atomic E-state index is -0.675. The van der Waals surface area contributed by atoms with E-state index < -0.39 is 5.97 Å². The van der Waals surface area contributed by atoms with Crippen molar-refractivity contribution in [3.63, 3.8) is 0 Å². The van der Waals surface area contributed by atoms with Gasteiger partial charge in [0.1, 0.15) is 10.0 Å². The van der Waals surface area contributed by atoms with Gasteiger partial charge in [-0.15, -0.1) is 0 Å². The highest BCUT2D eigenvalue weighted by atomic mass is 35.5. The molecule has 0 amide bonds. The number of carbonyl (C=O) groups excluding carboxylic acids is 1. The number of rotatable bonds is 3. The molecule has 0 aromatic heterocycles. The van der Waals surface area contributed by atoms with Gasteiger partial charge in [0.25, 0.3) is 0 Å². The van der Waals surface area contributed by atoms with Crippen molar-refractivity contribution in [2.75, 3.05) is 0 Å². The van der Waals surface area contributed by atoms with Crippen molar-refractivity contribution in [2.45, 2.75) is 6.42 Å². The van der Waals surface area contributed by atoms with Crippen molar-refractivity contribution in [2.24, 2.45) is 0 Å². The lowest BCUT2D eigenvalue weighted by molar-refractivity contribution is -0.133. The van der Waals surface area contributed by atoms with Crippen LogP contribution in [0.1, 0.15) is 11.1 Å². The Hall–Kier alpha value is -1.15. The van der Waals surface area contributed by atoms with Crippen LogP contribution in [0.25, 0.3) is 0 Å². The number of carbonyl (C=O) groups is 1. The summed E-state index contributed by atoms with van der Waals surface area (Å²) in [7, 11) is 0. The monoisotopic (exact) mass is 407 g/mol. The van der Waals surface area contributed by atoms with Gasteiger partial charge >= 0.3 is 5.97 Å². The van der Waals surface area contributed by atoms with E-state index in [1.807, 2.05) is 6.07 Å². The van der Waals surface area contributed by atoms with Crippen LogP contribution in [0.5, 0.6) is 5.75 Å². The Bertz CT molecular complexity index is 800. The van der Waals surface area contributed by atoms with Crippen LogP contribution in [0.4, 0.5) is 0 Å². The van der Waals surface area contributed by atoms with Crippen molar-refractivity contribution in [3.05, 3.63) is 60.5 Å². The lowest BCUT2D eigenvalue weighted by Crippen LogP contribution is -2.13. The molecule has 8 heteroatoms. The molecule has 0 aliphatic heterocycles. The van der Waals surface area contributed by atoms with Crippen LogP contribution in [0.15, 0.2) is 24.3 Å². The Kier molecular flexibility index (Phi) is 6.02. The molecule has 2 aromatic rings. The molecule has 118 valence electrons. The van der Waals surface area contributed by atoms with E-state index in [0.717, 1.165) is 0 Å². The van der Waals surface area contributed by atoms with Crippen molar-refractivity contribution >= 4 is 64.0 Å². The topological polar surface area (TPSA) is 50.1 Å². The number of halogens is 5. The Labute approximate surface area is 157 Å². The van der Waals surface area contributed by atoms with Gasteiger partial charge in [0.2, 0.25) is 0 Å². The smallest absolute Gasteiger partial charge is 0.315 e. The molecule has 2 rings (SSSR count). The van der Waals surface area contributed by atoms with E-state index >= 15 is 0 Å². The first kappa shape index (κ1) is 18.2. The predicted octanol–water partition coefficient (Wildman–Crippen LogP) is 5.97. The third-order valence-electron chi connectivity index (χ3n) is 2.86. The van der Waals surface area contributed by atoms with Gasteiger partial charge in [0.05, 0.1) is 33.1 Å². The number of hydrogen-bond acceptors (Lipinski definition) is 3. The highest BCUT2D eigenvalue weighted by Crippen LogP contribution is 2.48. The molecule has 0 radical (unpaired) electrons. The molecular formula is C15H6Cl5NO2. The first-order valence-corrected chi connectivity index (χ1v) is 7.96. The molecule has 0 heterocycles. The molecule has 0 bridgehead atoms. The summed E-state index contributed by atoms with van der Waals surface area (Å²) in [6.45, 7) is 0. The fraction of sp³-hybridized carbons (Fsp3) is 0.0667. The maximum Gasteiger partial charge on any atom is 0.315 e. The van der Waals surface area contributed by atoms with E-state index in [0.29, 0.717) is 11.1 Å². The molecule has 0 fully saturated rings. The number of nitrogens with zero attached hydrogens (tertiary/aromatic N) is 1. The summed E-state index contributed by atoms with van der Waals surface area (Å²) in [5.74, 6) is -0.849. The van der Waals surface area contributed by atoms with Crippen LogP contribution >= 0.6 is 58.0 Å². The molecule has 3 nitrogen and oxygen atoms in total. The second-order valence-corrected chi connectivity index (χ2v) is 6.21. The van der Waals surface area contributed by atoms with Crippen molar-refractivity contribution in [1.82, 2.24) is 0 Å². The van der Waals surface area contributed by atoms with Crippen LogP contribution in [-0.4, -0.2) is 5.97 Å². The molecular weight excluding hydrogens is 403 g/mol. The van der Waals surface area contributed by atoms with Gasteiger partial charge in [-0.05, 0) is 11.6 Å². The van der Waals surface area contributed by atoms with Gasteiger partial charge in [0.15, 0.2) is 5.75 Å². The summed E-state index contributed by atoms with van der Waals surface area (Å²) in [6.07, 6.45) is -0.145. The summed E-state index contributed by atoms with van der Waals surface area (Å²) in [5, 5.41) is 8.62. The highest BCUT2D eigenvalue weighted by Gasteiger charge is 2.23. The summed E-state index contributed by atoms with van der Waals surface area (Å²) in [5.41, 5.74) is 0.882. The number of nitriles is 1. The Balaban J connectivity index is 2.30. The average Bonchev–Trinajstić information content (AvgIpc) is 2.55. The summed E-state index contributed by atoms with van der Waals surface area (Å²) in [6, 6.07) is 8.64. The molecule has 0 saturated heterocycles. The van der Waals surface area contributed by atoms with Crippen molar-refractivity contribution in [3.8, 4) is 11.8 Å². The summed E-state index contributed by atoms with van der Waals surface area (Å²) >= 11 is 29.7. The molecule has 0 unspecified atom stereocenters. The first-order chi connectivity index (χ1) is 10.9. The van der Waals surface area contributed by atoms with Gasteiger partial charge in [0, 0.05) is 0 Å². The van der Waals surface area contributed by atoms with Crippen LogP contribution in [-0.2, 0) is 11.2 Å². The predicted molar refractivity (Wildman–Crippen MR) is 92.0 cm³/mol. The SMILES string of the molecule is N#Cc1ccccc1CC(=O)Oc1c(Cl)c(Cl)c(Cl)c(Cl)c1Cl. The number of hydrogen-bond donors (Lipinski definition) is 0. The summed E-state index contributed by atoms with van der Waals surface area (Å²) in [4.78, 5) is 12.1. The number of esters is 1. The highest BCUT2D eigenvalue weighted by molar-refractivity contribution is 6.55. The molecule has 2 aromatic carbocycles. The van der Waals surface area contributed by atoms with E-state index in [1.54, 1.807) is 24.3 Å². The van der Waals surface area contributed by atoms with E-state index in [9.17, 15) is 4.79 Å². The quantitative estimate of drug-likeness (QED) is 0.271. The largest absolute Gasteiger partial charge is 0.423 e. The Morgan fingerprint density at radius 1 is 0.957 bits per heavy atom. The second kappa shape index (κ2) is 7.61. The van der Waals surface area contributed by atoms with E-state index in [2.05, 4.69) is 0 Å². The number of benzene rings is 2. The summed E-state index contributed by atoms with van der Waals surface area (Å²) < 4.78 is 5.16. The standard InChI is InChI=1S/C15H6Cl5NO2/c16-10-11(17)13(19)15(14(20)12(10)18)23-9(22)5-7-3-1-2-4-8(7)6-21/h1-4H,5H2. The van der Waals surface area contributed by atoms with Gasteiger partial charge < -0.3 is 4.74 Å². The van der Waals surface area contributed by atoms with Crippen molar-refractivity contribution < 1.29 is 9.53 Å². The Morgan fingerprint density at radius 2 is 1.48 bits per heavy atom. The fourth-order valence-electron chi connectivity index (χ4n) is 1.76. The molecule has 0 aliphatic carbocycles. The van der Waals surface area contributed by atoms with Gasteiger partial charge in [-0.2, -0.15) is 5.26 Å². The van der Waals surface area contributed by atoms with Crippen LogP contribution in [0.3, 0.4) is 0 Å². The van der Waals surface area contributed by atoms with Gasteiger partial charge in [-0.1, -0.05) is 76.2 Å². The second-order valence-electron chi connectivity index (χ2n) is 4.32. The molecule has 0 atom stereocenters. The third-order valence-corrected chi connectivity index (χ3v) is 5.10. The van der Waals surface area contributed by atoms with Crippen LogP contribution in [0.2, 0.25) is 25.1 Å². The normalized spacial score (nSPS) is 10.3. The van der Waals surface area contributed by atoms with Gasteiger partial charge in [-0.3, -0.25) is 4.79 Å². The Morgan fingerprint density at radius 3 is 2.04 bits per heavy atom. The molecule has 23 heavy (non-hydrogen) atoms. The minimum Gasteiger partial charge on any atom is -0.423 e. The number of ether oxygens (including phenoxy) is 1. The molecule has 0 N–H and O–H groups in total. The van der Waals surface area contributed by atoms with E-state index in [-0.39, 0.29) is 37.3 Å². The molecule has 0 aliphatic rings. The van der Waals surface area contributed by atoms with Crippen LogP contribution in [0, 0.1) is 11.3 Å². The lowest BCUT2D eigenvalue weighted by atomic mass is 10.1. The lowest BCUT2D eigenvalue weighted by Gasteiger charge is -2.12. The van der Waals surface area contributed by atoms with E-state index in [1.165, 1.54) is 0 Å². The maximum absolute atomic E-state index is 12.1. The van der Waals surface area contributed by atoms with Crippen LogP contribution < -0.4 is 4.74 Å². The first-order valence-electron chi connectivity index (χ1n) is 6.07. The maximum atomic E-state index is 12.1. The van der Waals surface area contributed by atoms with Gasteiger partial charge in [-0.25, -0.2) is 0 Å².